The number of nitrogens with zero attached hydrogens (tertiary/aromatic N) is 1. The van der Waals surface area contributed by atoms with E-state index in [9.17, 15) is 9.59 Å². The second-order valence-electron chi connectivity index (χ2n) is 7.47. The lowest BCUT2D eigenvalue weighted by Gasteiger charge is -2.18. The number of ether oxygens (including phenoxy) is 4. The van der Waals surface area contributed by atoms with Crippen molar-refractivity contribution in [1.82, 2.24) is 15.5 Å². The molecule has 0 radical (unpaired) electrons. The summed E-state index contributed by atoms with van der Waals surface area (Å²) in [5, 5.41) is 5.72. The SMILES string of the molecule is CCN(CC)CCNC(=O)/C=C(\NC(=O)c1cc(OC)c(OC)c(OC)c1)c1ccc(OC)cc1. The third kappa shape index (κ3) is 7.65. The third-order valence-electron chi connectivity index (χ3n) is 5.47. The van der Waals surface area contributed by atoms with Crippen LogP contribution in [0.25, 0.3) is 5.70 Å². The highest BCUT2D eigenvalue weighted by Gasteiger charge is 2.18. The third-order valence-corrected chi connectivity index (χ3v) is 5.47. The molecule has 2 aromatic rings. The molecule has 9 nitrogen and oxygen atoms in total. The molecule has 0 spiro atoms. The molecule has 0 saturated carbocycles. The minimum atomic E-state index is -0.442. The van der Waals surface area contributed by atoms with E-state index in [-0.39, 0.29) is 11.5 Å². The molecule has 0 aliphatic carbocycles. The van der Waals surface area contributed by atoms with Gasteiger partial charge < -0.3 is 34.5 Å². The Morgan fingerprint density at radius 3 is 1.94 bits per heavy atom. The first kappa shape index (κ1) is 27.5. The molecule has 0 aliphatic rings. The van der Waals surface area contributed by atoms with E-state index >= 15 is 0 Å². The highest BCUT2D eigenvalue weighted by Crippen LogP contribution is 2.38. The summed E-state index contributed by atoms with van der Waals surface area (Å²) in [7, 11) is 6.01. The molecular weight excluding hydrogens is 450 g/mol. The number of carbonyl (C=O) groups excluding carboxylic acids is 2. The highest BCUT2D eigenvalue weighted by atomic mass is 16.5. The predicted octanol–water partition coefficient (Wildman–Crippen LogP) is 2.95. The number of amides is 2. The van der Waals surface area contributed by atoms with Gasteiger partial charge in [-0.1, -0.05) is 13.8 Å². The van der Waals surface area contributed by atoms with Crippen LogP contribution in [0.3, 0.4) is 0 Å². The van der Waals surface area contributed by atoms with E-state index in [1.807, 2.05) is 0 Å². The molecule has 2 aromatic carbocycles. The van der Waals surface area contributed by atoms with Gasteiger partial charge in [0.2, 0.25) is 11.7 Å². The number of benzene rings is 2. The molecule has 2 amide bonds. The molecular formula is C26H35N3O6. The Hall–Kier alpha value is -3.72. The van der Waals surface area contributed by atoms with E-state index in [0.717, 1.165) is 19.6 Å². The smallest absolute Gasteiger partial charge is 0.255 e. The molecule has 0 heterocycles. The zero-order chi connectivity index (χ0) is 25.8. The molecule has 9 heteroatoms. The molecule has 0 unspecified atom stereocenters. The number of likely N-dealkylation sites (N-methyl/N-ethyl adjacent to an activating group) is 1. The van der Waals surface area contributed by atoms with Crippen molar-refractivity contribution in [3.05, 3.63) is 53.6 Å². The van der Waals surface area contributed by atoms with Crippen molar-refractivity contribution >= 4 is 17.5 Å². The quantitative estimate of drug-likeness (QED) is 0.421. The van der Waals surface area contributed by atoms with Crippen LogP contribution in [-0.4, -0.2) is 71.3 Å². The fourth-order valence-corrected chi connectivity index (χ4v) is 3.43. The lowest BCUT2D eigenvalue weighted by atomic mass is 10.1. The van der Waals surface area contributed by atoms with Crippen molar-refractivity contribution in [2.45, 2.75) is 13.8 Å². The minimum absolute atomic E-state index is 0.279. The van der Waals surface area contributed by atoms with Crippen LogP contribution in [0, 0.1) is 0 Å². The fourth-order valence-electron chi connectivity index (χ4n) is 3.43. The van der Waals surface area contributed by atoms with Crippen molar-refractivity contribution in [2.75, 3.05) is 54.6 Å². The first-order valence-corrected chi connectivity index (χ1v) is 11.4. The van der Waals surface area contributed by atoms with Gasteiger partial charge in [0.05, 0.1) is 34.1 Å². The van der Waals surface area contributed by atoms with Crippen molar-refractivity contribution in [2.24, 2.45) is 0 Å². The second-order valence-corrected chi connectivity index (χ2v) is 7.47. The van der Waals surface area contributed by atoms with E-state index in [2.05, 4.69) is 29.4 Å². The minimum Gasteiger partial charge on any atom is -0.497 e. The predicted molar refractivity (Wildman–Crippen MR) is 135 cm³/mol. The van der Waals surface area contributed by atoms with Gasteiger partial charge in [0.15, 0.2) is 11.5 Å². The summed E-state index contributed by atoms with van der Waals surface area (Å²) in [6.45, 7) is 7.20. The number of nitrogens with one attached hydrogen (secondary N) is 2. The van der Waals surface area contributed by atoms with E-state index in [1.54, 1.807) is 43.5 Å². The number of carbonyl (C=O) groups is 2. The summed E-state index contributed by atoms with van der Waals surface area (Å²) in [6, 6.07) is 10.1. The maximum Gasteiger partial charge on any atom is 0.255 e. The van der Waals surface area contributed by atoms with Gasteiger partial charge in [-0.3, -0.25) is 9.59 Å². The molecule has 2 rings (SSSR count). The van der Waals surface area contributed by atoms with Gasteiger partial charge in [-0.15, -0.1) is 0 Å². The number of methoxy groups -OCH3 is 4. The van der Waals surface area contributed by atoms with Crippen LogP contribution < -0.4 is 29.6 Å². The number of rotatable bonds is 13. The molecule has 0 aliphatic heterocycles. The van der Waals surface area contributed by atoms with Crippen LogP contribution in [0.5, 0.6) is 23.0 Å². The number of hydrogen-bond donors (Lipinski definition) is 2. The summed E-state index contributed by atoms with van der Waals surface area (Å²) in [5.41, 5.74) is 1.26. The zero-order valence-corrected chi connectivity index (χ0v) is 21.3. The van der Waals surface area contributed by atoms with E-state index < -0.39 is 5.91 Å². The molecule has 0 fully saturated rings. The average molecular weight is 486 g/mol. The van der Waals surface area contributed by atoms with Crippen LogP contribution in [0.4, 0.5) is 0 Å². The summed E-state index contributed by atoms with van der Waals surface area (Å²) in [5.74, 6) is 0.982. The Bertz CT molecular complexity index is 991. The van der Waals surface area contributed by atoms with Gasteiger partial charge in [-0.05, 0) is 55.1 Å². The first-order chi connectivity index (χ1) is 16.9. The number of hydrogen-bond acceptors (Lipinski definition) is 7. The van der Waals surface area contributed by atoms with Gasteiger partial charge in [0, 0.05) is 24.7 Å². The highest BCUT2D eigenvalue weighted by molar-refractivity contribution is 6.04. The maximum absolute atomic E-state index is 13.2. The summed E-state index contributed by atoms with van der Waals surface area (Å²) >= 11 is 0. The van der Waals surface area contributed by atoms with Crippen molar-refractivity contribution in [3.63, 3.8) is 0 Å². The van der Waals surface area contributed by atoms with Crippen molar-refractivity contribution < 1.29 is 28.5 Å². The maximum atomic E-state index is 13.2. The van der Waals surface area contributed by atoms with Crippen LogP contribution in [0.2, 0.25) is 0 Å². The van der Waals surface area contributed by atoms with Crippen LogP contribution in [-0.2, 0) is 4.79 Å². The molecule has 190 valence electrons. The Kier molecular flexibility index (Phi) is 10.9. The van der Waals surface area contributed by atoms with Crippen LogP contribution >= 0.6 is 0 Å². The molecule has 0 atom stereocenters. The van der Waals surface area contributed by atoms with Crippen molar-refractivity contribution in [1.29, 1.82) is 0 Å². The van der Waals surface area contributed by atoms with E-state index in [1.165, 1.54) is 27.4 Å². The molecule has 0 saturated heterocycles. The molecule has 0 bridgehead atoms. The Morgan fingerprint density at radius 1 is 0.857 bits per heavy atom. The normalized spacial score (nSPS) is 11.1. The van der Waals surface area contributed by atoms with Gasteiger partial charge in [0.1, 0.15) is 5.75 Å². The Balaban J connectivity index is 2.32. The summed E-state index contributed by atoms with van der Waals surface area (Å²) in [4.78, 5) is 28.1. The average Bonchev–Trinajstić information content (AvgIpc) is 2.89. The van der Waals surface area contributed by atoms with Gasteiger partial charge in [0.25, 0.3) is 5.91 Å². The summed E-state index contributed by atoms with van der Waals surface area (Å²) < 4.78 is 21.2. The van der Waals surface area contributed by atoms with Crippen LogP contribution in [0.15, 0.2) is 42.5 Å². The second kappa shape index (κ2) is 13.9. The molecule has 0 aromatic heterocycles. The van der Waals surface area contributed by atoms with Gasteiger partial charge in [-0.2, -0.15) is 0 Å². The zero-order valence-electron chi connectivity index (χ0n) is 21.3. The monoisotopic (exact) mass is 485 g/mol. The first-order valence-electron chi connectivity index (χ1n) is 11.4. The fraction of sp³-hybridized carbons (Fsp3) is 0.385. The summed E-state index contributed by atoms with van der Waals surface area (Å²) in [6.07, 6.45) is 1.37. The molecule has 2 N–H and O–H groups in total. The standard InChI is InChI=1S/C26H35N3O6/c1-7-29(8-2)14-13-27-24(30)17-21(18-9-11-20(32-3)12-10-18)28-26(31)19-15-22(33-4)25(35-6)23(16-19)34-5/h9-12,15-17H,7-8,13-14H2,1-6H3,(H,27,30)(H,28,31)/b21-17-. The lowest BCUT2D eigenvalue weighted by molar-refractivity contribution is -0.116. The van der Waals surface area contributed by atoms with Gasteiger partial charge >= 0.3 is 0 Å². The molecule has 35 heavy (non-hydrogen) atoms. The van der Waals surface area contributed by atoms with Crippen molar-refractivity contribution in [3.8, 4) is 23.0 Å². The topological polar surface area (TPSA) is 98.4 Å². The van der Waals surface area contributed by atoms with E-state index in [4.69, 9.17) is 18.9 Å². The largest absolute Gasteiger partial charge is 0.497 e. The lowest BCUT2D eigenvalue weighted by Crippen LogP contribution is -2.34. The van der Waals surface area contributed by atoms with E-state index in [0.29, 0.717) is 40.8 Å². The Labute approximate surface area is 207 Å². The Morgan fingerprint density at radius 2 is 1.46 bits per heavy atom. The van der Waals surface area contributed by atoms with Gasteiger partial charge in [-0.25, -0.2) is 0 Å². The van der Waals surface area contributed by atoms with Crippen LogP contribution in [0.1, 0.15) is 29.8 Å².